The first-order valence-corrected chi connectivity index (χ1v) is 8.39. The van der Waals surface area contributed by atoms with E-state index in [0.717, 1.165) is 36.0 Å². The molecule has 0 spiro atoms. The maximum Gasteiger partial charge on any atom is 0.174 e. The Labute approximate surface area is 148 Å². The van der Waals surface area contributed by atoms with Crippen LogP contribution in [0.25, 0.3) is 5.82 Å². The summed E-state index contributed by atoms with van der Waals surface area (Å²) in [6, 6.07) is 10.6. The fourth-order valence-corrected chi connectivity index (χ4v) is 2.70. The molecule has 1 N–H and O–H groups in total. The van der Waals surface area contributed by atoms with Gasteiger partial charge in [0.2, 0.25) is 0 Å². The van der Waals surface area contributed by atoms with Gasteiger partial charge in [0.25, 0.3) is 0 Å². The van der Waals surface area contributed by atoms with Crippen molar-refractivity contribution < 1.29 is 0 Å². The van der Waals surface area contributed by atoms with Gasteiger partial charge in [-0.25, -0.2) is 9.67 Å². The Morgan fingerprint density at radius 1 is 1.08 bits per heavy atom. The zero-order valence-electron chi connectivity index (χ0n) is 15.2. The van der Waals surface area contributed by atoms with E-state index in [1.54, 1.807) is 12.4 Å². The van der Waals surface area contributed by atoms with Crippen LogP contribution in [0.1, 0.15) is 17.0 Å². The molecule has 0 aliphatic rings. The lowest BCUT2D eigenvalue weighted by Crippen LogP contribution is -2.10. The Bertz CT molecular complexity index is 835. The Morgan fingerprint density at radius 2 is 1.84 bits per heavy atom. The van der Waals surface area contributed by atoms with Crippen LogP contribution in [0.4, 0.5) is 11.5 Å². The SMILES string of the molecule is Cc1cc(C)n(-c2cncc(NCCc3ccc(N(C)C)cc3)n2)n1. The third kappa shape index (κ3) is 4.15. The van der Waals surface area contributed by atoms with Crippen LogP contribution in [-0.4, -0.2) is 40.4 Å². The van der Waals surface area contributed by atoms with Gasteiger partial charge in [0.15, 0.2) is 5.82 Å². The van der Waals surface area contributed by atoms with Crippen molar-refractivity contribution in [1.82, 2.24) is 19.7 Å². The van der Waals surface area contributed by atoms with Gasteiger partial charge in [-0.3, -0.25) is 4.98 Å². The molecule has 0 aliphatic carbocycles. The average molecular weight is 336 g/mol. The van der Waals surface area contributed by atoms with Gasteiger partial charge < -0.3 is 10.2 Å². The van der Waals surface area contributed by atoms with E-state index in [0.29, 0.717) is 0 Å². The summed E-state index contributed by atoms with van der Waals surface area (Å²) in [5, 5.41) is 7.80. The molecule has 0 saturated heterocycles. The standard InChI is InChI=1S/C19H24N6/c1-14-11-15(2)25(23-14)19-13-20-12-18(22-19)21-10-9-16-5-7-17(8-6-16)24(3)4/h5-8,11-13H,9-10H2,1-4H3,(H,21,22). The largest absolute Gasteiger partial charge is 0.378 e. The molecule has 2 heterocycles. The smallest absolute Gasteiger partial charge is 0.174 e. The van der Waals surface area contributed by atoms with E-state index in [4.69, 9.17) is 0 Å². The number of anilines is 2. The van der Waals surface area contributed by atoms with Crippen molar-refractivity contribution in [2.45, 2.75) is 20.3 Å². The highest BCUT2D eigenvalue weighted by molar-refractivity contribution is 5.46. The minimum absolute atomic E-state index is 0.728. The molecule has 0 bridgehead atoms. The van der Waals surface area contributed by atoms with Crippen LogP contribution in [0, 0.1) is 13.8 Å². The highest BCUT2D eigenvalue weighted by atomic mass is 15.3. The molecule has 2 aromatic heterocycles. The third-order valence-electron chi connectivity index (χ3n) is 4.02. The van der Waals surface area contributed by atoms with Crippen molar-refractivity contribution in [2.75, 3.05) is 30.9 Å². The maximum absolute atomic E-state index is 4.61. The van der Waals surface area contributed by atoms with Crippen LogP contribution in [0.15, 0.2) is 42.7 Å². The number of hydrogen-bond donors (Lipinski definition) is 1. The van der Waals surface area contributed by atoms with E-state index in [9.17, 15) is 0 Å². The molecule has 6 nitrogen and oxygen atoms in total. The van der Waals surface area contributed by atoms with Crippen molar-refractivity contribution in [3.05, 3.63) is 59.7 Å². The fourth-order valence-electron chi connectivity index (χ4n) is 2.70. The lowest BCUT2D eigenvalue weighted by atomic mass is 10.1. The fraction of sp³-hybridized carbons (Fsp3) is 0.316. The first kappa shape index (κ1) is 17.0. The summed E-state index contributed by atoms with van der Waals surface area (Å²) < 4.78 is 1.81. The molecule has 6 heteroatoms. The number of aryl methyl sites for hydroxylation is 2. The number of hydrogen-bond acceptors (Lipinski definition) is 5. The van der Waals surface area contributed by atoms with Gasteiger partial charge in [-0.2, -0.15) is 5.10 Å². The number of aromatic nitrogens is 4. The molecule has 1 aromatic carbocycles. The lowest BCUT2D eigenvalue weighted by Gasteiger charge is -2.13. The first-order valence-electron chi connectivity index (χ1n) is 8.39. The summed E-state index contributed by atoms with van der Waals surface area (Å²) in [4.78, 5) is 11.0. The van der Waals surface area contributed by atoms with Crippen LogP contribution in [0.2, 0.25) is 0 Å². The van der Waals surface area contributed by atoms with Crippen LogP contribution < -0.4 is 10.2 Å². The Morgan fingerprint density at radius 3 is 2.48 bits per heavy atom. The molecule has 3 rings (SSSR count). The summed E-state index contributed by atoms with van der Waals surface area (Å²) in [6.45, 7) is 4.79. The minimum Gasteiger partial charge on any atom is -0.378 e. The average Bonchev–Trinajstić information content (AvgIpc) is 2.94. The van der Waals surface area contributed by atoms with Crippen molar-refractivity contribution in [3.63, 3.8) is 0 Å². The van der Waals surface area contributed by atoms with E-state index in [2.05, 4.69) is 49.5 Å². The topological polar surface area (TPSA) is 58.9 Å². The number of rotatable bonds is 6. The van der Waals surface area contributed by atoms with Gasteiger partial charge in [-0.15, -0.1) is 0 Å². The molecule has 130 valence electrons. The molecule has 0 fully saturated rings. The van der Waals surface area contributed by atoms with Crippen LogP contribution in [0.5, 0.6) is 0 Å². The van der Waals surface area contributed by atoms with E-state index in [-0.39, 0.29) is 0 Å². The highest BCUT2D eigenvalue weighted by Gasteiger charge is 2.06. The van der Waals surface area contributed by atoms with Crippen LogP contribution in [-0.2, 0) is 6.42 Å². The van der Waals surface area contributed by atoms with Gasteiger partial charge in [0.05, 0.1) is 18.1 Å². The molecular weight excluding hydrogens is 312 g/mol. The third-order valence-corrected chi connectivity index (χ3v) is 4.02. The van der Waals surface area contributed by atoms with Crippen molar-refractivity contribution in [3.8, 4) is 5.82 Å². The van der Waals surface area contributed by atoms with Crippen molar-refractivity contribution >= 4 is 11.5 Å². The summed E-state index contributed by atoms with van der Waals surface area (Å²) in [7, 11) is 4.09. The summed E-state index contributed by atoms with van der Waals surface area (Å²) >= 11 is 0. The molecular formula is C19H24N6. The highest BCUT2D eigenvalue weighted by Crippen LogP contribution is 2.14. The van der Waals surface area contributed by atoms with Crippen LogP contribution in [0.3, 0.4) is 0 Å². The monoisotopic (exact) mass is 336 g/mol. The van der Waals surface area contributed by atoms with Gasteiger partial charge in [0.1, 0.15) is 5.82 Å². The molecule has 0 unspecified atom stereocenters. The molecule has 25 heavy (non-hydrogen) atoms. The van der Waals surface area contributed by atoms with Crippen molar-refractivity contribution in [1.29, 1.82) is 0 Å². The molecule has 0 radical (unpaired) electrons. The van der Waals surface area contributed by atoms with Gasteiger partial charge in [-0.05, 0) is 44.0 Å². The van der Waals surface area contributed by atoms with Crippen LogP contribution >= 0.6 is 0 Å². The summed E-state index contributed by atoms with van der Waals surface area (Å²) in [6.07, 6.45) is 4.40. The summed E-state index contributed by atoms with van der Waals surface area (Å²) in [5.74, 6) is 1.49. The Balaban J connectivity index is 1.62. The number of nitrogens with one attached hydrogen (secondary N) is 1. The summed E-state index contributed by atoms with van der Waals surface area (Å²) in [5.41, 5.74) is 4.52. The normalized spacial score (nSPS) is 10.7. The Hall–Kier alpha value is -2.89. The first-order chi connectivity index (χ1) is 12.0. The predicted molar refractivity (Wildman–Crippen MR) is 102 cm³/mol. The molecule has 0 saturated carbocycles. The predicted octanol–water partition coefficient (Wildman–Crippen LogP) is 3.00. The molecule has 0 amide bonds. The molecule has 3 aromatic rings. The second kappa shape index (κ2) is 7.34. The van der Waals surface area contributed by atoms with Gasteiger partial charge in [0, 0.05) is 32.0 Å². The second-order valence-electron chi connectivity index (χ2n) is 6.34. The van der Waals surface area contributed by atoms with Gasteiger partial charge >= 0.3 is 0 Å². The minimum atomic E-state index is 0.728. The lowest BCUT2D eigenvalue weighted by molar-refractivity contribution is 0.799. The number of nitrogens with zero attached hydrogens (tertiary/aromatic N) is 5. The number of benzene rings is 1. The molecule has 0 atom stereocenters. The van der Waals surface area contributed by atoms with E-state index < -0.39 is 0 Å². The van der Waals surface area contributed by atoms with E-state index >= 15 is 0 Å². The van der Waals surface area contributed by atoms with Crippen molar-refractivity contribution in [2.24, 2.45) is 0 Å². The van der Waals surface area contributed by atoms with E-state index in [1.807, 2.05) is 38.7 Å². The quantitative estimate of drug-likeness (QED) is 0.750. The zero-order valence-corrected chi connectivity index (χ0v) is 15.2. The second-order valence-corrected chi connectivity index (χ2v) is 6.34. The van der Waals surface area contributed by atoms with Gasteiger partial charge in [-0.1, -0.05) is 12.1 Å². The maximum atomic E-state index is 4.61. The zero-order chi connectivity index (χ0) is 17.8. The Kier molecular flexibility index (Phi) is 4.97. The van der Waals surface area contributed by atoms with E-state index in [1.165, 1.54) is 11.3 Å². The molecule has 0 aliphatic heterocycles.